The Morgan fingerprint density at radius 3 is 2.25 bits per heavy atom. The van der Waals surface area contributed by atoms with E-state index in [1.165, 1.54) is 22.5 Å². The van der Waals surface area contributed by atoms with Crippen molar-refractivity contribution in [2.45, 2.75) is 12.2 Å². The number of fused-ring (bicyclic) bond motifs is 2. The Bertz CT molecular complexity index is 956. The summed E-state index contributed by atoms with van der Waals surface area (Å²) >= 11 is 1.39. The van der Waals surface area contributed by atoms with Gasteiger partial charge in [-0.15, -0.1) is 5.10 Å². The normalized spacial score (nSPS) is 19.6. The number of benzene rings is 3. The van der Waals surface area contributed by atoms with Crippen LogP contribution in [-0.2, 0) is 4.79 Å². The number of rotatable bonds is 2. The number of nitrogens with zero attached hydrogens (tertiary/aromatic N) is 2. The molecule has 3 aromatic rings. The molecule has 0 spiro atoms. The Morgan fingerprint density at radius 2 is 1.67 bits per heavy atom. The third-order valence-corrected chi connectivity index (χ3v) is 5.01. The van der Waals surface area contributed by atoms with Crippen LogP contribution in [0.25, 0.3) is 21.5 Å². The average Bonchev–Trinajstić information content (AvgIpc) is 2.92. The molecule has 1 saturated heterocycles. The zero-order valence-corrected chi connectivity index (χ0v) is 13.9. The highest BCUT2D eigenvalue weighted by atomic mass is 32.2. The van der Waals surface area contributed by atoms with Gasteiger partial charge in [0.15, 0.2) is 5.17 Å². The van der Waals surface area contributed by atoms with Crippen LogP contribution in [0.2, 0.25) is 0 Å². The lowest BCUT2D eigenvalue weighted by Gasteiger charge is -2.07. The topological polar surface area (TPSA) is 53.8 Å². The number of amidine groups is 1. The highest BCUT2D eigenvalue weighted by Gasteiger charge is 2.25. The summed E-state index contributed by atoms with van der Waals surface area (Å²) in [7, 11) is 0. The van der Waals surface area contributed by atoms with Crippen LogP contribution in [0.5, 0.6) is 0 Å². The van der Waals surface area contributed by atoms with Gasteiger partial charge in [0, 0.05) is 5.56 Å². The molecule has 4 nitrogen and oxygen atoms in total. The molecule has 1 atom stereocenters. The molecule has 3 aromatic carbocycles. The van der Waals surface area contributed by atoms with Gasteiger partial charge in [-0.05, 0) is 34.5 Å². The summed E-state index contributed by atoms with van der Waals surface area (Å²) in [5.74, 6) is -0.0236. The minimum atomic E-state index is -0.114. The van der Waals surface area contributed by atoms with Crippen LogP contribution in [0, 0.1) is 0 Å². The molecule has 0 bridgehead atoms. The molecule has 1 aliphatic heterocycles. The van der Waals surface area contributed by atoms with Crippen molar-refractivity contribution < 1.29 is 4.79 Å². The minimum Gasteiger partial charge on any atom is -0.303 e. The van der Waals surface area contributed by atoms with Crippen molar-refractivity contribution in [2.75, 3.05) is 0 Å². The first kappa shape index (κ1) is 14.9. The minimum absolute atomic E-state index is 0.0236. The van der Waals surface area contributed by atoms with Crippen molar-refractivity contribution in [3.8, 4) is 0 Å². The number of thioether (sulfide) groups is 1. The molecule has 0 aliphatic carbocycles. The van der Waals surface area contributed by atoms with E-state index in [4.69, 9.17) is 0 Å². The monoisotopic (exact) mass is 333 g/mol. The van der Waals surface area contributed by atoms with E-state index < -0.39 is 0 Å². The molecule has 1 N–H and O–H groups in total. The lowest BCUT2D eigenvalue weighted by Crippen LogP contribution is -2.23. The number of nitrogens with one attached hydrogen (secondary N) is 1. The Morgan fingerprint density at radius 1 is 1.04 bits per heavy atom. The molecule has 5 heteroatoms. The van der Waals surface area contributed by atoms with Crippen LogP contribution in [-0.4, -0.2) is 22.5 Å². The first-order valence-corrected chi connectivity index (χ1v) is 8.59. The summed E-state index contributed by atoms with van der Waals surface area (Å²) < 4.78 is 0. The molecule has 0 unspecified atom stereocenters. The van der Waals surface area contributed by atoms with Crippen molar-refractivity contribution in [3.63, 3.8) is 0 Å². The van der Waals surface area contributed by atoms with E-state index in [0.717, 1.165) is 16.3 Å². The summed E-state index contributed by atoms with van der Waals surface area (Å²) in [4.78, 5) is 11.5. The van der Waals surface area contributed by atoms with E-state index in [1.54, 1.807) is 6.21 Å². The standard InChI is InChI=1S/C19H15N3OS/c1-12-18(23)21-19(24-12)22-20-11-17-15-8-4-2-6-13(15)10-14-7-3-5-9-16(14)17/h2-12H,1H3,(H,21,22,23)/t12-/m1/s1. The van der Waals surface area contributed by atoms with Gasteiger partial charge in [-0.1, -0.05) is 60.3 Å². The Balaban J connectivity index is 1.81. The molecule has 24 heavy (non-hydrogen) atoms. The summed E-state index contributed by atoms with van der Waals surface area (Å²) in [6, 6.07) is 18.7. The maximum Gasteiger partial charge on any atom is 0.239 e. The summed E-state index contributed by atoms with van der Waals surface area (Å²) in [5, 5.41) is 16.1. The van der Waals surface area contributed by atoms with Gasteiger partial charge in [0.1, 0.15) is 0 Å². The van der Waals surface area contributed by atoms with Crippen LogP contribution in [0.1, 0.15) is 12.5 Å². The quantitative estimate of drug-likeness (QED) is 0.439. The number of carbonyl (C=O) groups is 1. The molecular weight excluding hydrogens is 318 g/mol. The lowest BCUT2D eigenvalue weighted by atomic mass is 9.97. The van der Waals surface area contributed by atoms with Crippen LogP contribution >= 0.6 is 11.8 Å². The molecule has 0 radical (unpaired) electrons. The number of amides is 1. The second-order valence-corrected chi connectivity index (χ2v) is 6.96. The zero-order valence-electron chi connectivity index (χ0n) is 13.1. The molecule has 1 heterocycles. The molecule has 4 rings (SSSR count). The number of carbonyl (C=O) groups excluding carboxylic acids is 1. The van der Waals surface area contributed by atoms with Gasteiger partial charge < -0.3 is 5.32 Å². The molecular formula is C19H15N3OS. The van der Waals surface area contributed by atoms with Crippen molar-refractivity contribution in [2.24, 2.45) is 10.2 Å². The maximum absolute atomic E-state index is 11.5. The smallest absolute Gasteiger partial charge is 0.239 e. The van der Waals surface area contributed by atoms with Gasteiger partial charge in [-0.3, -0.25) is 4.79 Å². The SMILES string of the molecule is C[C@H]1SC(=NN=Cc2c3ccccc3cc3ccccc23)NC1=O. The van der Waals surface area contributed by atoms with Crippen LogP contribution in [0.15, 0.2) is 64.8 Å². The van der Waals surface area contributed by atoms with Crippen molar-refractivity contribution >= 4 is 50.6 Å². The molecule has 1 amide bonds. The fraction of sp³-hybridized carbons (Fsp3) is 0.105. The molecule has 1 aliphatic rings. The second kappa shape index (κ2) is 6.09. The maximum atomic E-state index is 11.5. The fourth-order valence-corrected chi connectivity index (χ4v) is 3.59. The third-order valence-electron chi connectivity index (χ3n) is 4.04. The van der Waals surface area contributed by atoms with Crippen LogP contribution in [0.4, 0.5) is 0 Å². The third kappa shape index (κ3) is 2.67. The molecule has 0 aromatic heterocycles. The molecule has 1 fully saturated rings. The number of hydrogen-bond acceptors (Lipinski definition) is 4. The van der Waals surface area contributed by atoms with Gasteiger partial charge in [-0.2, -0.15) is 5.10 Å². The Hall–Kier alpha value is -2.66. The highest BCUT2D eigenvalue weighted by Crippen LogP contribution is 2.27. The largest absolute Gasteiger partial charge is 0.303 e. The summed E-state index contributed by atoms with van der Waals surface area (Å²) in [6.45, 7) is 1.85. The predicted octanol–water partition coefficient (Wildman–Crippen LogP) is 3.93. The van der Waals surface area contributed by atoms with Crippen molar-refractivity contribution in [3.05, 3.63) is 60.2 Å². The van der Waals surface area contributed by atoms with Crippen molar-refractivity contribution in [1.29, 1.82) is 0 Å². The second-order valence-electron chi connectivity index (χ2n) is 5.63. The predicted molar refractivity (Wildman–Crippen MR) is 102 cm³/mol. The van der Waals surface area contributed by atoms with Gasteiger partial charge in [0.2, 0.25) is 5.91 Å². The average molecular weight is 333 g/mol. The summed E-state index contributed by atoms with van der Waals surface area (Å²) in [5.41, 5.74) is 1.04. The first-order valence-electron chi connectivity index (χ1n) is 7.71. The molecule has 118 valence electrons. The van der Waals surface area contributed by atoms with E-state index in [2.05, 4.69) is 45.9 Å². The van der Waals surface area contributed by atoms with E-state index in [9.17, 15) is 4.79 Å². The van der Waals surface area contributed by atoms with Gasteiger partial charge in [0.25, 0.3) is 0 Å². The van der Waals surface area contributed by atoms with Crippen LogP contribution < -0.4 is 5.32 Å². The lowest BCUT2D eigenvalue weighted by molar-refractivity contribution is -0.118. The fourth-order valence-electron chi connectivity index (χ4n) is 2.83. The van der Waals surface area contributed by atoms with E-state index >= 15 is 0 Å². The highest BCUT2D eigenvalue weighted by molar-refractivity contribution is 8.15. The Kier molecular flexibility index (Phi) is 3.78. The Labute approximate surface area is 143 Å². The first-order chi connectivity index (χ1) is 11.7. The zero-order chi connectivity index (χ0) is 16.5. The van der Waals surface area contributed by atoms with Crippen LogP contribution in [0.3, 0.4) is 0 Å². The van der Waals surface area contributed by atoms with E-state index in [1.807, 2.05) is 31.2 Å². The molecule has 0 saturated carbocycles. The van der Waals surface area contributed by atoms with Gasteiger partial charge in [-0.25, -0.2) is 0 Å². The number of hydrogen-bond donors (Lipinski definition) is 1. The van der Waals surface area contributed by atoms with Gasteiger partial charge >= 0.3 is 0 Å². The van der Waals surface area contributed by atoms with E-state index in [-0.39, 0.29) is 11.2 Å². The summed E-state index contributed by atoms with van der Waals surface area (Å²) in [6.07, 6.45) is 1.77. The van der Waals surface area contributed by atoms with Crippen molar-refractivity contribution in [1.82, 2.24) is 5.32 Å². The van der Waals surface area contributed by atoms with E-state index in [0.29, 0.717) is 5.17 Å². The van der Waals surface area contributed by atoms with Gasteiger partial charge in [0.05, 0.1) is 11.5 Å².